The zero-order valence-corrected chi connectivity index (χ0v) is 13.7. The lowest BCUT2D eigenvalue weighted by molar-refractivity contribution is 0.0955. The van der Waals surface area contributed by atoms with Crippen molar-refractivity contribution in [1.82, 2.24) is 5.43 Å². The van der Waals surface area contributed by atoms with Crippen LogP contribution in [-0.2, 0) is 0 Å². The number of phenols is 1. The van der Waals surface area contributed by atoms with Crippen LogP contribution in [0.15, 0.2) is 47.6 Å². The first-order valence-corrected chi connectivity index (χ1v) is 7.57. The van der Waals surface area contributed by atoms with Crippen LogP contribution >= 0.6 is 0 Å². The number of carbonyl (C=O) groups excluding carboxylic acids is 1. The molecule has 1 amide bonds. The van der Waals surface area contributed by atoms with Gasteiger partial charge in [-0.2, -0.15) is 5.10 Å². The van der Waals surface area contributed by atoms with Gasteiger partial charge in [0.15, 0.2) is 0 Å². The molecule has 6 heteroatoms. The summed E-state index contributed by atoms with van der Waals surface area (Å²) in [5, 5.41) is 13.6. The summed E-state index contributed by atoms with van der Waals surface area (Å²) in [5.41, 5.74) is 3.32. The molecule has 0 spiro atoms. The van der Waals surface area contributed by atoms with Crippen molar-refractivity contribution in [3.8, 4) is 17.2 Å². The highest BCUT2D eigenvalue weighted by Crippen LogP contribution is 2.21. The Morgan fingerprint density at radius 1 is 1.21 bits per heavy atom. The third-order valence-electron chi connectivity index (χ3n) is 3.19. The average molecular weight is 328 g/mol. The lowest BCUT2D eigenvalue weighted by Crippen LogP contribution is -2.17. The maximum absolute atomic E-state index is 12.0. The van der Waals surface area contributed by atoms with Gasteiger partial charge >= 0.3 is 0 Å². The number of methoxy groups -OCH3 is 1. The molecule has 2 aromatic carbocycles. The molecule has 0 saturated heterocycles. The summed E-state index contributed by atoms with van der Waals surface area (Å²) in [7, 11) is 1.53. The molecule has 2 N–H and O–H groups in total. The summed E-state index contributed by atoms with van der Waals surface area (Å²) >= 11 is 0. The van der Waals surface area contributed by atoms with Gasteiger partial charge in [-0.25, -0.2) is 5.43 Å². The van der Waals surface area contributed by atoms with Crippen LogP contribution in [0, 0.1) is 0 Å². The van der Waals surface area contributed by atoms with Crippen molar-refractivity contribution in [3.63, 3.8) is 0 Å². The predicted octanol–water partition coefficient (Wildman–Crippen LogP) is 2.95. The Morgan fingerprint density at radius 3 is 2.58 bits per heavy atom. The van der Waals surface area contributed by atoms with Crippen LogP contribution in [0.4, 0.5) is 0 Å². The van der Waals surface area contributed by atoms with Gasteiger partial charge in [-0.05, 0) is 48.9 Å². The van der Waals surface area contributed by atoms with Gasteiger partial charge in [-0.1, -0.05) is 6.92 Å². The molecule has 0 atom stereocenters. The summed E-state index contributed by atoms with van der Waals surface area (Å²) in [5.74, 6) is 1.00. The summed E-state index contributed by atoms with van der Waals surface area (Å²) in [6, 6.07) is 11.6. The molecule has 0 aromatic heterocycles. The fraction of sp³-hybridized carbons (Fsp3) is 0.222. The monoisotopic (exact) mass is 328 g/mol. The first-order valence-electron chi connectivity index (χ1n) is 7.57. The highest BCUT2D eigenvalue weighted by atomic mass is 16.5. The number of hydrazone groups is 1. The number of carbonyl (C=O) groups is 1. The number of aromatic hydroxyl groups is 1. The van der Waals surface area contributed by atoms with Gasteiger partial charge in [-0.15, -0.1) is 0 Å². The van der Waals surface area contributed by atoms with Crippen LogP contribution in [-0.4, -0.2) is 30.9 Å². The number of ether oxygens (including phenoxy) is 2. The predicted molar refractivity (Wildman–Crippen MR) is 91.9 cm³/mol. The maximum atomic E-state index is 12.0. The van der Waals surface area contributed by atoms with E-state index in [-0.39, 0.29) is 11.7 Å². The summed E-state index contributed by atoms with van der Waals surface area (Å²) in [4.78, 5) is 12.0. The van der Waals surface area contributed by atoms with Crippen LogP contribution < -0.4 is 14.9 Å². The quantitative estimate of drug-likeness (QED) is 0.605. The zero-order chi connectivity index (χ0) is 17.4. The van der Waals surface area contributed by atoms with E-state index in [9.17, 15) is 9.90 Å². The molecule has 0 bridgehead atoms. The minimum absolute atomic E-state index is 0.0474. The number of phenolic OH excluding ortho intramolecular Hbond substituents is 1. The minimum atomic E-state index is -0.351. The number of hydrogen-bond donors (Lipinski definition) is 2. The Labute approximate surface area is 140 Å². The smallest absolute Gasteiger partial charge is 0.271 e. The summed E-state index contributed by atoms with van der Waals surface area (Å²) in [6.45, 7) is 2.67. The van der Waals surface area contributed by atoms with Gasteiger partial charge in [0, 0.05) is 11.1 Å². The summed E-state index contributed by atoms with van der Waals surface area (Å²) < 4.78 is 10.5. The lowest BCUT2D eigenvalue weighted by Gasteiger charge is -2.05. The van der Waals surface area contributed by atoms with Gasteiger partial charge in [0.25, 0.3) is 5.91 Å². The number of rotatable bonds is 7. The molecule has 2 aromatic rings. The van der Waals surface area contributed by atoms with Crippen molar-refractivity contribution in [1.29, 1.82) is 0 Å². The number of nitrogens with one attached hydrogen (secondary N) is 1. The van der Waals surface area contributed by atoms with Crippen LogP contribution in [0.1, 0.15) is 29.3 Å². The standard InChI is InChI=1S/C18H20N2O4/c1-3-10-24-15-6-4-13(5-7-15)18(22)20-19-12-14-11-16(23-2)8-9-17(14)21/h4-9,11-12,21H,3,10H2,1-2H3,(H,20,22)/b19-12-. The second-order valence-electron chi connectivity index (χ2n) is 5.00. The van der Waals surface area contributed by atoms with Gasteiger partial charge in [0.05, 0.1) is 19.9 Å². The lowest BCUT2D eigenvalue weighted by atomic mass is 10.2. The van der Waals surface area contributed by atoms with E-state index in [1.54, 1.807) is 36.4 Å². The Bertz CT molecular complexity index is 711. The third kappa shape index (κ3) is 4.74. The molecule has 0 aliphatic carbocycles. The first-order chi connectivity index (χ1) is 11.6. The van der Waals surface area contributed by atoms with E-state index in [0.717, 1.165) is 12.2 Å². The van der Waals surface area contributed by atoms with E-state index >= 15 is 0 Å². The van der Waals surface area contributed by atoms with Gasteiger partial charge < -0.3 is 14.6 Å². The van der Waals surface area contributed by atoms with Crippen molar-refractivity contribution in [3.05, 3.63) is 53.6 Å². The molecule has 126 valence electrons. The Balaban J connectivity index is 1.97. The van der Waals surface area contributed by atoms with Crippen molar-refractivity contribution in [2.45, 2.75) is 13.3 Å². The maximum Gasteiger partial charge on any atom is 0.271 e. The summed E-state index contributed by atoms with van der Waals surface area (Å²) in [6.07, 6.45) is 2.28. The van der Waals surface area contributed by atoms with E-state index in [1.807, 2.05) is 6.92 Å². The normalized spacial score (nSPS) is 10.6. The molecular weight excluding hydrogens is 308 g/mol. The fourth-order valence-electron chi connectivity index (χ4n) is 1.91. The fourth-order valence-corrected chi connectivity index (χ4v) is 1.91. The zero-order valence-electron chi connectivity index (χ0n) is 13.7. The van der Waals surface area contributed by atoms with Gasteiger partial charge in [0.1, 0.15) is 17.2 Å². The molecule has 0 aliphatic rings. The molecule has 0 radical (unpaired) electrons. The molecule has 2 rings (SSSR count). The number of benzene rings is 2. The van der Waals surface area contributed by atoms with E-state index in [1.165, 1.54) is 19.4 Å². The number of nitrogens with zero attached hydrogens (tertiary/aromatic N) is 1. The molecule has 6 nitrogen and oxygen atoms in total. The average Bonchev–Trinajstić information content (AvgIpc) is 2.61. The van der Waals surface area contributed by atoms with E-state index in [2.05, 4.69) is 10.5 Å². The molecule has 0 saturated carbocycles. The van der Waals surface area contributed by atoms with Gasteiger partial charge in [-0.3, -0.25) is 4.79 Å². The third-order valence-corrected chi connectivity index (χ3v) is 3.19. The van der Waals surface area contributed by atoms with Crippen LogP contribution in [0.2, 0.25) is 0 Å². The molecule has 0 aliphatic heterocycles. The topological polar surface area (TPSA) is 80.2 Å². The number of hydrogen-bond acceptors (Lipinski definition) is 5. The van der Waals surface area contributed by atoms with Crippen LogP contribution in [0.5, 0.6) is 17.2 Å². The van der Waals surface area contributed by atoms with Crippen molar-refractivity contribution < 1.29 is 19.4 Å². The molecule has 0 unspecified atom stereocenters. The Morgan fingerprint density at radius 2 is 1.92 bits per heavy atom. The van der Waals surface area contributed by atoms with E-state index < -0.39 is 0 Å². The van der Waals surface area contributed by atoms with Crippen molar-refractivity contribution in [2.24, 2.45) is 5.10 Å². The van der Waals surface area contributed by atoms with E-state index in [4.69, 9.17) is 9.47 Å². The molecular formula is C18H20N2O4. The van der Waals surface area contributed by atoms with Crippen molar-refractivity contribution >= 4 is 12.1 Å². The highest BCUT2D eigenvalue weighted by molar-refractivity contribution is 5.95. The first kappa shape index (κ1) is 17.3. The minimum Gasteiger partial charge on any atom is -0.507 e. The largest absolute Gasteiger partial charge is 0.507 e. The Kier molecular flexibility index (Phi) is 6.19. The van der Waals surface area contributed by atoms with Gasteiger partial charge in [0.2, 0.25) is 0 Å². The number of amides is 1. The highest BCUT2D eigenvalue weighted by Gasteiger charge is 2.05. The van der Waals surface area contributed by atoms with Crippen LogP contribution in [0.3, 0.4) is 0 Å². The second-order valence-corrected chi connectivity index (χ2v) is 5.00. The SMILES string of the molecule is CCCOc1ccc(C(=O)N/N=C\c2cc(OC)ccc2O)cc1. The van der Waals surface area contributed by atoms with Crippen molar-refractivity contribution in [2.75, 3.05) is 13.7 Å². The van der Waals surface area contributed by atoms with Crippen LogP contribution in [0.25, 0.3) is 0 Å². The molecule has 0 heterocycles. The molecule has 24 heavy (non-hydrogen) atoms. The second kappa shape index (κ2) is 8.57. The Hall–Kier alpha value is -3.02. The van der Waals surface area contributed by atoms with E-state index in [0.29, 0.717) is 23.5 Å². The molecule has 0 fully saturated rings.